The monoisotopic (exact) mass is 163 g/mol. The number of nitrogens with two attached hydrogens (primary N) is 1. The number of halogens is 1. The molecule has 0 unspecified atom stereocenters. The first-order valence-corrected chi connectivity index (χ1v) is 3.55. The van der Waals surface area contributed by atoms with Crippen LogP contribution in [0.15, 0.2) is 0 Å². The number of ether oxygens (including phenoxy) is 1. The summed E-state index contributed by atoms with van der Waals surface area (Å²) >= 11 is 0. The van der Waals surface area contributed by atoms with E-state index in [1.54, 1.807) is 0 Å². The number of rotatable bonds is 0. The highest BCUT2D eigenvalue weighted by Gasteiger charge is 2.53. The molecule has 2 N–H and O–H groups in total. The highest BCUT2D eigenvalue weighted by Crippen LogP contribution is 2.47. The zero-order valence-corrected chi connectivity index (χ0v) is 7.04. The van der Waals surface area contributed by atoms with Crippen molar-refractivity contribution in [1.29, 1.82) is 0 Å². The van der Waals surface area contributed by atoms with Crippen LogP contribution >= 0.6 is 12.4 Å². The molecule has 60 valence electrons. The van der Waals surface area contributed by atoms with Crippen LogP contribution in [0.25, 0.3) is 0 Å². The second-order valence-electron chi connectivity index (χ2n) is 3.76. The fraction of sp³-hybridized carbons (Fsp3) is 1.00. The summed E-state index contributed by atoms with van der Waals surface area (Å²) in [6, 6.07) is 0. The van der Waals surface area contributed by atoms with E-state index in [-0.39, 0.29) is 23.5 Å². The van der Waals surface area contributed by atoms with Gasteiger partial charge in [0.2, 0.25) is 0 Å². The maximum atomic E-state index is 5.95. The lowest BCUT2D eigenvalue weighted by atomic mass is 9.63. The van der Waals surface area contributed by atoms with Crippen molar-refractivity contribution in [2.45, 2.75) is 37.3 Å². The van der Waals surface area contributed by atoms with Gasteiger partial charge >= 0.3 is 0 Å². The molecule has 3 fully saturated rings. The number of fused-ring (bicyclic) bond motifs is 2. The third-order valence-electron chi connectivity index (χ3n) is 2.50. The van der Waals surface area contributed by atoms with Crippen LogP contribution in [0.1, 0.15) is 26.2 Å². The summed E-state index contributed by atoms with van der Waals surface area (Å²) < 4.78 is 5.52. The van der Waals surface area contributed by atoms with Crippen LogP contribution in [-0.2, 0) is 4.74 Å². The van der Waals surface area contributed by atoms with Crippen molar-refractivity contribution in [2.24, 2.45) is 5.73 Å². The first kappa shape index (κ1) is 8.31. The van der Waals surface area contributed by atoms with Gasteiger partial charge in [0.05, 0.1) is 5.60 Å². The van der Waals surface area contributed by atoms with Crippen molar-refractivity contribution < 1.29 is 4.74 Å². The Morgan fingerprint density at radius 3 is 2.30 bits per heavy atom. The predicted molar refractivity (Wildman–Crippen MR) is 42.4 cm³/mol. The molecule has 1 aliphatic carbocycles. The standard InChI is InChI=1S/C7H13NO.ClH/c1-6-4-7(8,5-6)2-3-9-6;/h2-5,8H2,1H3;1H. The van der Waals surface area contributed by atoms with Crippen LogP contribution < -0.4 is 5.73 Å². The van der Waals surface area contributed by atoms with Gasteiger partial charge in [-0.1, -0.05) is 0 Å². The lowest BCUT2D eigenvalue weighted by Gasteiger charge is -2.56. The molecular formula is C7H14ClNO. The molecule has 0 aromatic carbocycles. The second kappa shape index (κ2) is 2.10. The van der Waals surface area contributed by atoms with Gasteiger partial charge in [0.25, 0.3) is 0 Å². The van der Waals surface area contributed by atoms with Crippen LogP contribution in [0.4, 0.5) is 0 Å². The molecule has 1 saturated carbocycles. The molecule has 3 heteroatoms. The Balaban J connectivity index is 0.000000500. The van der Waals surface area contributed by atoms with Crippen molar-refractivity contribution in [3.05, 3.63) is 0 Å². The van der Waals surface area contributed by atoms with Gasteiger partial charge in [-0.15, -0.1) is 12.4 Å². The van der Waals surface area contributed by atoms with Crippen molar-refractivity contribution >= 4 is 12.4 Å². The van der Waals surface area contributed by atoms with Gasteiger partial charge in [0, 0.05) is 12.1 Å². The molecule has 3 aliphatic rings. The summed E-state index contributed by atoms with van der Waals surface area (Å²) in [5.41, 5.74) is 6.27. The van der Waals surface area contributed by atoms with Crippen molar-refractivity contribution in [2.75, 3.05) is 6.61 Å². The molecule has 0 amide bonds. The Morgan fingerprint density at radius 1 is 1.40 bits per heavy atom. The summed E-state index contributed by atoms with van der Waals surface area (Å²) in [4.78, 5) is 0. The van der Waals surface area contributed by atoms with E-state index < -0.39 is 0 Å². The zero-order valence-electron chi connectivity index (χ0n) is 6.22. The van der Waals surface area contributed by atoms with E-state index in [4.69, 9.17) is 10.5 Å². The smallest absolute Gasteiger partial charge is 0.0689 e. The Bertz CT molecular complexity index is 129. The molecule has 3 rings (SSSR count). The first-order chi connectivity index (χ1) is 4.12. The van der Waals surface area contributed by atoms with Gasteiger partial charge < -0.3 is 10.5 Å². The minimum absolute atomic E-state index is 0. The number of hydrogen-bond acceptors (Lipinski definition) is 2. The van der Waals surface area contributed by atoms with E-state index in [0.29, 0.717) is 0 Å². The molecule has 0 radical (unpaired) electrons. The topological polar surface area (TPSA) is 35.2 Å². The summed E-state index contributed by atoms with van der Waals surface area (Å²) in [5.74, 6) is 0. The third-order valence-corrected chi connectivity index (χ3v) is 2.50. The Hall–Kier alpha value is 0.210. The third kappa shape index (κ3) is 1.04. The molecule has 10 heavy (non-hydrogen) atoms. The van der Waals surface area contributed by atoms with Crippen molar-refractivity contribution in [3.63, 3.8) is 0 Å². The molecule has 2 bridgehead atoms. The molecule has 2 nitrogen and oxygen atoms in total. The van der Waals surface area contributed by atoms with Gasteiger partial charge in [-0.05, 0) is 26.2 Å². The maximum Gasteiger partial charge on any atom is 0.0689 e. The average molecular weight is 164 g/mol. The van der Waals surface area contributed by atoms with Crippen LogP contribution in [-0.4, -0.2) is 17.7 Å². The summed E-state index contributed by atoms with van der Waals surface area (Å²) in [5, 5.41) is 0. The molecule has 0 atom stereocenters. The van der Waals surface area contributed by atoms with E-state index in [1.807, 2.05) is 0 Å². The quantitative estimate of drug-likeness (QED) is 0.580. The Morgan fingerprint density at radius 2 is 2.00 bits per heavy atom. The lowest BCUT2D eigenvalue weighted by molar-refractivity contribution is -0.176. The highest BCUT2D eigenvalue weighted by atomic mass is 35.5. The average Bonchev–Trinajstić information content (AvgIpc) is 1.59. The fourth-order valence-corrected chi connectivity index (χ4v) is 2.22. The van der Waals surface area contributed by atoms with Crippen molar-refractivity contribution in [3.8, 4) is 0 Å². The van der Waals surface area contributed by atoms with E-state index in [2.05, 4.69) is 6.92 Å². The Kier molecular flexibility index (Phi) is 1.74. The Labute approximate surface area is 67.5 Å². The second-order valence-corrected chi connectivity index (χ2v) is 3.76. The SMILES string of the molecule is CC12CC(N)(CCO1)C2.Cl. The van der Waals surface area contributed by atoms with Crippen LogP contribution in [0, 0.1) is 0 Å². The van der Waals surface area contributed by atoms with Gasteiger partial charge in [0.15, 0.2) is 0 Å². The largest absolute Gasteiger partial charge is 0.375 e. The highest BCUT2D eigenvalue weighted by molar-refractivity contribution is 5.85. The van der Waals surface area contributed by atoms with Crippen LogP contribution in [0.5, 0.6) is 0 Å². The van der Waals surface area contributed by atoms with Crippen LogP contribution in [0.2, 0.25) is 0 Å². The molecule has 0 aromatic heterocycles. The maximum absolute atomic E-state index is 5.95. The number of hydrogen-bond donors (Lipinski definition) is 1. The summed E-state index contributed by atoms with van der Waals surface area (Å²) in [6.07, 6.45) is 3.20. The van der Waals surface area contributed by atoms with Gasteiger partial charge in [-0.2, -0.15) is 0 Å². The van der Waals surface area contributed by atoms with Gasteiger partial charge in [0.1, 0.15) is 0 Å². The van der Waals surface area contributed by atoms with Gasteiger partial charge in [-0.3, -0.25) is 0 Å². The minimum atomic E-state index is 0. The van der Waals surface area contributed by atoms with Gasteiger partial charge in [-0.25, -0.2) is 0 Å². The van der Waals surface area contributed by atoms with E-state index in [0.717, 1.165) is 25.9 Å². The minimum Gasteiger partial charge on any atom is -0.375 e. The molecule has 0 aromatic rings. The first-order valence-electron chi connectivity index (χ1n) is 3.55. The van der Waals surface area contributed by atoms with Crippen LogP contribution in [0.3, 0.4) is 0 Å². The molecule has 0 spiro atoms. The van der Waals surface area contributed by atoms with E-state index in [9.17, 15) is 0 Å². The summed E-state index contributed by atoms with van der Waals surface area (Å²) in [7, 11) is 0. The lowest BCUT2D eigenvalue weighted by Crippen LogP contribution is -2.66. The zero-order chi connectivity index (χ0) is 6.54. The molecular weight excluding hydrogens is 150 g/mol. The summed E-state index contributed by atoms with van der Waals surface area (Å²) in [6.45, 7) is 3.02. The van der Waals surface area contributed by atoms with E-state index in [1.165, 1.54) is 0 Å². The molecule has 2 aliphatic heterocycles. The fourth-order valence-electron chi connectivity index (χ4n) is 2.22. The normalized spacial score (nSPS) is 51.0. The van der Waals surface area contributed by atoms with Crippen molar-refractivity contribution in [1.82, 2.24) is 0 Å². The molecule has 2 heterocycles. The predicted octanol–water partition coefficient (Wildman–Crippen LogP) is 1.08. The molecule has 2 saturated heterocycles. The van der Waals surface area contributed by atoms with E-state index >= 15 is 0 Å².